The van der Waals surface area contributed by atoms with E-state index in [0.29, 0.717) is 0 Å². The number of rotatable bonds is 0. The number of aryl methyl sites for hydroxylation is 1. The van der Waals surface area contributed by atoms with E-state index in [-0.39, 0.29) is 0 Å². The van der Waals surface area contributed by atoms with Crippen molar-refractivity contribution >= 4 is 11.3 Å². The summed E-state index contributed by atoms with van der Waals surface area (Å²) < 4.78 is 0. The lowest BCUT2D eigenvalue weighted by Crippen LogP contribution is -1.47. The Kier molecular flexibility index (Phi) is 4.67. The highest BCUT2D eigenvalue weighted by atomic mass is 32.1. The van der Waals surface area contributed by atoms with Crippen LogP contribution in [0.1, 0.15) is 19.4 Å². The molecule has 0 saturated heterocycles. The van der Waals surface area contributed by atoms with Gasteiger partial charge in [0.05, 0.1) is 0 Å². The molecule has 0 atom stereocenters. The van der Waals surface area contributed by atoms with Crippen molar-refractivity contribution in [1.82, 2.24) is 0 Å². The zero-order chi connectivity index (χ0) is 6.41. The lowest BCUT2D eigenvalue weighted by Gasteiger charge is -1.65. The Morgan fingerprint density at radius 2 is 2.00 bits per heavy atom. The van der Waals surface area contributed by atoms with Gasteiger partial charge in [-0.15, -0.1) is 0 Å². The highest BCUT2D eigenvalue weighted by Crippen LogP contribution is 2.01. The van der Waals surface area contributed by atoms with Crippen LogP contribution in [0, 0.1) is 6.92 Å². The molecule has 0 aromatic carbocycles. The van der Waals surface area contributed by atoms with Crippen LogP contribution in [0.2, 0.25) is 0 Å². The van der Waals surface area contributed by atoms with Crippen LogP contribution in [-0.2, 0) is 0 Å². The highest BCUT2D eigenvalue weighted by molar-refractivity contribution is 7.07. The van der Waals surface area contributed by atoms with Gasteiger partial charge in [-0.05, 0) is 29.3 Å². The normalized spacial score (nSPS) is 7.38. The summed E-state index contributed by atoms with van der Waals surface area (Å²) in [6.45, 7) is 6.09. The van der Waals surface area contributed by atoms with E-state index in [9.17, 15) is 0 Å². The molecule has 0 N–H and O–H groups in total. The van der Waals surface area contributed by atoms with Gasteiger partial charge in [0.2, 0.25) is 0 Å². The average molecular weight is 128 g/mol. The number of hydrogen-bond donors (Lipinski definition) is 0. The Balaban J connectivity index is 0.000000222. The molecule has 0 unspecified atom stereocenters. The summed E-state index contributed by atoms with van der Waals surface area (Å²) in [5.41, 5.74) is 1.36. The summed E-state index contributed by atoms with van der Waals surface area (Å²) in [7, 11) is 0. The van der Waals surface area contributed by atoms with Crippen LogP contribution in [0.25, 0.3) is 0 Å². The van der Waals surface area contributed by atoms with Crippen LogP contribution in [-0.4, -0.2) is 0 Å². The van der Waals surface area contributed by atoms with Gasteiger partial charge in [-0.25, -0.2) is 0 Å². The second-order valence-corrected chi connectivity index (χ2v) is 2.08. The van der Waals surface area contributed by atoms with Gasteiger partial charge in [0.1, 0.15) is 0 Å². The minimum absolute atomic E-state index is 1.36. The molecule has 1 aromatic rings. The highest BCUT2D eigenvalue weighted by Gasteiger charge is 1.74. The van der Waals surface area contributed by atoms with E-state index in [1.807, 2.05) is 13.8 Å². The predicted octanol–water partition coefficient (Wildman–Crippen LogP) is 3.08. The third kappa shape index (κ3) is 2.80. The Hall–Kier alpha value is -0.300. The summed E-state index contributed by atoms with van der Waals surface area (Å²) in [5.74, 6) is 0. The quantitative estimate of drug-likeness (QED) is 0.503. The molecular weight excluding hydrogens is 116 g/mol. The first-order valence-electron chi connectivity index (χ1n) is 2.88. The van der Waals surface area contributed by atoms with E-state index in [2.05, 4.69) is 23.8 Å². The van der Waals surface area contributed by atoms with E-state index in [0.717, 1.165) is 0 Å². The fraction of sp³-hybridized carbons (Fsp3) is 0.429. The molecule has 0 aliphatic heterocycles. The maximum absolute atomic E-state index is 2.12. The molecule has 1 rings (SSSR count). The number of hydrogen-bond acceptors (Lipinski definition) is 1. The largest absolute Gasteiger partial charge is 0.152 e. The maximum atomic E-state index is 2.12. The summed E-state index contributed by atoms with van der Waals surface area (Å²) in [6, 6.07) is 2.10. The first kappa shape index (κ1) is 7.70. The molecule has 0 amide bonds. The lowest BCUT2D eigenvalue weighted by atomic mass is 10.4. The molecule has 0 aliphatic rings. The Labute approximate surface area is 55.2 Å². The van der Waals surface area contributed by atoms with Gasteiger partial charge < -0.3 is 0 Å². The van der Waals surface area contributed by atoms with E-state index >= 15 is 0 Å². The summed E-state index contributed by atoms with van der Waals surface area (Å²) in [5, 5.41) is 4.20. The van der Waals surface area contributed by atoms with Crippen molar-refractivity contribution in [1.29, 1.82) is 0 Å². The Bertz CT molecular complexity index is 108. The van der Waals surface area contributed by atoms with Crippen molar-refractivity contribution < 1.29 is 0 Å². The van der Waals surface area contributed by atoms with Gasteiger partial charge in [0.25, 0.3) is 0 Å². The molecule has 0 radical (unpaired) electrons. The van der Waals surface area contributed by atoms with Gasteiger partial charge in [-0.2, -0.15) is 11.3 Å². The molecule has 1 aromatic heterocycles. The third-order valence-corrected chi connectivity index (χ3v) is 1.46. The fourth-order valence-electron chi connectivity index (χ4n) is 0.333. The zero-order valence-corrected chi connectivity index (χ0v) is 6.46. The van der Waals surface area contributed by atoms with Crippen molar-refractivity contribution in [3.8, 4) is 0 Å². The van der Waals surface area contributed by atoms with Gasteiger partial charge >= 0.3 is 0 Å². The van der Waals surface area contributed by atoms with Crippen molar-refractivity contribution in [3.63, 3.8) is 0 Å². The van der Waals surface area contributed by atoms with Gasteiger partial charge in [-0.1, -0.05) is 13.8 Å². The van der Waals surface area contributed by atoms with Crippen LogP contribution < -0.4 is 0 Å². The predicted molar refractivity (Wildman–Crippen MR) is 40.4 cm³/mol. The first-order chi connectivity index (χ1) is 3.89. The van der Waals surface area contributed by atoms with Crippen molar-refractivity contribution in [2.75, 3.05) is 0 Å². The minimum atomic E-state index is 1.36. The SMILES string of the molecule is CC.Cc1ccsc1. The molecule has 46 valence electrons. The molecule has 0 nitrogen and oxygen atoms in total. The number of thiophene rings is 1. The van der Waals surface area contributed by atoms with Gasteiger partial charge in [0.15, 0.2) is 0 Å². The molecule has 1 heteroatoms. The van der Waals surface area contributed by atoms with Crippen molar-refractivity contribution in [2.24, 2.45) is 0 Å². The topological polar surface area (TPSA) is 0 Å². The van der Waals surface area contributed by atoms with Crippen molar-refractivity contribution in [3.05, 3.63) is 22.4 Å². The van der Waals surface area contributed by atoms with Crippen LogP contribution in [0.3, 0.4) is 0 Å². The lowest BCUT2D eigenvalue weighted by molar-refractivity contribution is 1.50. The Morgan fingerprint density at radius 1 is 1.38 bits per heavy atom. The van der Waals surface area contributed by atoms with E-state index in [1.165, 1.54) is 5.56 Å². The molecule has 8 heavy (non-hydrogen) atoms. The first-order valence-corrected chi connectivity index (χ1v) is 3.82. The van der Waals surface area contributed by atoms with Crippen LogP contribution >= 0.6 is 11.3 Å². The average Bonchev–Trinajstić information content (AvgIpc) is 2.24. The summed E-state index contributed by atoms with van der Waals surface area (Å²) in [6.07, 6.45) is 0. The van der Waals surface area contributed by atoms with E-state index in [4.69, 9.17) is 0 Å². The van der Waals surface area contributed by atoms with Crippen LogP contribution in [0.4, 0.5) is 0 Å². The third-order valence-electron chi connectivity index (χ3n) is 0.663. The molecular formula is C7H12S. The Morgan fingerprint density at radius 3 is 2.12 bits per heavy atom. The van der Waals surface area contributed by atoms with Gasteiger partial charge in [0, 0.05) is 0 Å². The van der Waals surface area contributed by atoms with Crippen molar-refractivity contribution in [2.45, 2.75) is 20.8 Å². The molecule has 0 aliphatic carbocycles. The minimum Gasteiger partial charge on any atom is -0.152 e. The molecule has 0 spiro atoms. The van der Waals surface area contributed by atoms with E-state index < -0.39 is 0 Å². The van der Waals surface area contributed by atoms with E-state index in [1.54, 1.807) is 11.3 Å². The smallest absolute Gasteiger partial charge is 0.00641 e. The van der Waals surface area contributed by atoms with Crippen LogP contribution in [0.5, 0.6) is 0 Å². The monoisotopic (exact) mass is 128 g/mol. The maximum Gasteiger partial charge on any atom is -0.00641 e. The molecule has 1 heterocycles. The second-order valence-electron chi connectivity index (χ2n) is 1.30. The molecule has 0 fully saturated rings. The standard InChI is InChI=1S/C5H6S.C2H6/c1-5-2-3-6-4-5;1-2/h2-4H,1H3;1-2H3. The zero-order valence-electron chi connectivity index (χ0n) is 5.64. The fourth-order valence-corrected chi connectivity index (χ4v) is 0.998. The van der Waals surface area contributed by atoms with Gasteiger partial charge in [-0.3, -0.25) is 0 Å². The second kappa shape index (κ2) is 4.85. The molecule has 0 bridgehead atoms. The summed E-state index contributed by atoms with van der Waals surface area (Å²) in [4.78, 5) is 0. The summed E-state index contributed by atoms with van der Waals surface area (Å²) >= 11 is 1.74. The van der Waals surface area contributed by atoms with Crippen LogP contribution in [0.15, 0.2) is 16.8 Å². The molecule has 0 saturated carbocycles.